The first-order chi connectivity index (χ1) is 9.65. The number of hydrogen-bond acceptors (Lipinski definition) is 2. The summed E-state index contributed by atoms with van der Waals surface area (Å²) in [5, 5.41) is 3.37. The molecule has 1 aliphatic carbocycles. The van der Waals surface area contributed by atoms with E-state index in [9.17, 15) is 0 Å². The van der Waals surface area contributed by atoms with Crippen LogP contribution in [0, 0.1) is 5.92 Å². The molecule has 0 radical (unpaired) electrons. The number of benzene rings is 1. The average Bonchev–Trinajstić information content (AvgIpc) is 2.48. The highest BCUT2D eigenvalue weighted by atomic mass is 15.1. The van der Waals surface area contributed by atoms with Crippen LogP contribution < -0.4 is 10.2 Å². The van der Waals surface area contributed by atoms with Gasteiger partial charge in [-0.1, -0.05) is 38.8 Å². The molecule has 112 valence electrons. The van der Waals surface area contributed by atoms with Crippen LogP contribution in [0.5, 0.6) is 0 Å². The van der Waals surface area contributed by atoms with Crippen LogP contribution in [0.2, 0.25) is 0 Å². The molecule has 2 nitrogen and oxygen atoms in total. The first-order valence-corrected chi connectivity index (χ1v) is 8.15. The Morgan fingerprint density at radius 3 is 2.50 bits per heavy atom. The summed E-state index contributed by atoms with van der Waals surface area (Å²) in [5.41, 5.74) is 2.75. The summed E-state index contributed by atoms with van der Waals surface area (Å²) in [7, 11) is 4.30. The minimum atomic E-state index is 0.476. The Bertz CT molecular complexity index is 394. The lowest BCUT2D eigenvalue weighted by Crippen LogP contribution is -2.35. The van der Waals surface area contributed by atoms with Crippen molar-refractivity contribution >= 4 is 5.69 Å². The summed E-state index contributed by atoms with van der Waals surface area (Å²) < 4.78 is 0. The molecule has 2 rings (SSSR count). The third-order valence-electron chi connectivity index (χ3n) is 4.92. The van der Waals surface area contributed by atoms with Crippen LogP contribution in [0.1, 0.15) is 57.6 Å². The van der Waals surface area contributed by atoms with Crippen molar-refractivity contribution in [1.29, 1.82) is 0 Å². The van der Waals surface area contributed by atoms with Gasteiger partial charge < -0.3 is 10.2 Å². The first kappa shape index (κ1) is 15.4. The van der Waals surface area contributed by atoms with Gasteiger partial charge in [0.2, 0.25) is 0 Å². The Kier molecular flexibility index (Phi) is 5.47. The number of hydrogen-bond donors (Lipinski definition) is 1. The second-order valence-corrected chi connectivity index (χ2v) is 6.38. The molecular weight excluding hydrogens is 244 g/mol. The topological polar surface area (TPSA) is 15.3 Å². The van der Waals surface area contributed by atoms with Crippen molar-refractivity contribution in [2.75, 3.05) is 19.0 Å². The molecular formula is C18H30N2. The Morgan fingerprint density at radius 2 is 1.95 bits per heavy atom. The monoisotopic (exact) mass is 274 g/mol. The molecule has 0 amide bonds. The van der Waals surface area contributed by atoms with Gasteiger partial charge in [0, 0.05) is 24.8 Å². The maximum Gasteiger partial charge on any atom is 0.0366 e. The molecule has 0 saturated heterocycles. The van der Waals surface area contributed by atoms with Crippen LogP contribution in [0.3, 0.4) is 0 Å². The van der Waals surface area contributed by atoms with Crippen molar-refractivity contribution in [3.05, 3.63) is 29.8 Å². The molecule has 3 atom stereocenters. The molecule has 1 fully saturated rings. The van der Waals surface area contributed by atoms with Gasteiger partial charge in [0.15, 0.2) is 0 Å². The van der Waals surface area contributed by atoms with Crippen molar-refractivity contribution in [3.63, 3.8) is 0 Å². The number of anilines is 1. The van der Waals surface area contributed by atoms with Crippen LogP contribution in [0.15, 0.2) is 24.3 Å². The highest BCUT2D eigenvalue weighted by Crippen LogP contribution is 2.30. The molecule has 2 heteroatoms. The molecule has 20 heavy (non-hydrogen) atoms. The Morgan fingerprint density at radius 1 is 1.25 bits per heavy atom. The van der Waals surface area contributed by atoms with Crippen molar-refractivity contribution in [3.8, 4) is 0 Å². The maximum atomic E-state index is 3.37. The minimum absolute atomic E-state index is 0.476. The van der Waals surface area contributed by atoms with E-state index in [0.29, 0.717) is 6.04 Å². The molecule has 0 aromatic heterocycles. The van der Waals surface area contributed by atoms with Gasteiger partial charge in [-0.3, -0.25) is 0 Å². The van der Waals surface area contributed by atoms with Crippen LogP contribution in [0.25, 0.3) is 0 Å². The Balaban J connectivity index is 2.05. The van der Waals surface area contributed by atoms with E-state index in [2.05, 4.69) is 55.4 Å². The summed E-state index contributed by atoms with van der Waals surface area (Å²) in [4.78, 5) is 2.49. The molecule has 0 spiro atoms. The third kappa shape index (κ3) is 3.54. The van der Waals surface area contributed by atoms with Gasteiger partial charge in [0.05, 0.1) is 0 Å². The molecule has 0 heterocycles. The quantitative estimate of drug-likeness (QED) is 0.857. The van der Waals surface area contributed by atoms with E-state index < -0.39 is 0 Å². The fourth-order valence-corrected chi connectivity index (χ4v) is 3.51. The summed E-state index contributed by atoms with van der Waals surface area (Å²) in [6.07, 6.45) is 6.60. The van der Waals surface area contributed by atoms with Gasteiger partial charge in [-0.05, 0) is 49.9 Å². The van der Waals surface area contributed by atoms with Gasteiger partial charge in [-0.15, -0.1) is 0 Å². The van der Waals surface area contributed by atoms with Crippen molar-refractivity contribution < 1.29 is 0 Å². The van der Waals surface area contributed by atoms with Gasteiger partial charge >= 0.3 is 0 Å². The third-order valence-corrected chi connectivity index (χ3v) is 4.92. The van der Waals surface area contributed by atoms with Gasteiger partial charge in [-0.2, -0.15) is 0 Å². The van der Waals surface area contributed by atoms with Gasteiger partial charge in [0.1, 0.15) is 0 Å². The zero-order chi connectivity index (χ0) is 14.5. The van der Waals surface area contributed by atoms with E-state index in [0.717, 1.165) is 18.4 Å². The van der Waals surface area contributed by atoms with Crippen LogP contribution in [-0.2, 0) is 0 Å². The summed E-state index contributed by atoms with van der Waals surface area (Å²) >= 11 is 0. The normalized spacial score (nSPS) is 24.4. The van der Waals surface area contributed by atoms with Gasteiger partial charge in [-0.25, -0.2) is 0 Å². The Hall–Kier alpha value is -1.02. The fraction of sp³-hybridized carbons (Fsp3) is 0.667. The standard InChI is InChI=1S/C18H30N2/c1-5-18(19-3)15-9-11-16(12-10-15)20(4)17-8-6-7-14(2)13-17/h9-12,14,17-19H,5-8,13H2,1-4H3. The SMILES string of the molecule is CCC(NC)c1ccc(N(C)C2CCCC(C)C2)cc1. The molecule has 3 unspecified atom stereocenters. The summed E-state index contributed by atoms with van der Waals surface area (Å²) in [6, 6.07) is 10.3. The van der Waals surface area contributed by atoms with E-state index in [-0.39, 0.29) is 0 Å². The molecule has 1 N–H and O–H groups in total. The smallest absolute Gasteiger partial charge is 0.0366 e. The number of nitrogens with one attached hydrogen (secondary N) is 1. The first-order valence-electron chi connectivity index (χ1n) is 8.15. The number of nitrogens with zero attached hydrogens (tertiary/aromatic N) is 1. The van der Waals surface area contributed by atoms with Crippen molar-refractivity contribution in [1.82, 2.24) is 5.32 Å². The second-order valence-electron chi connectivity index (χ2n) is 6.38. The predicted octanol–water partition coefficient (Wildman–Crippen LogP) is 4.37. The molecule has 1 aromatic carbocycles. The van der Waals surface area contributed by atoms with E-state index in [1.165, 1.54) is 36.9 Å². The summed E-state index contributed by atoms with van der Waals surface area (Å²) in [6.45, 7) is 4.62. The molecule has 1 aliphatic rings. The van der Waals surface area contributed by atoms with Crippen molar-refractivity contribution in [2.45, 2.75) is 58.0 Å². The fourth-order valence-electron chi connectivity index (χ4n) is 3.51. The van der Waals surface area contributed by atoms with E-state index in [1.807, 2.05) is 7.05 Å². The zero-order valence-electron chi connectivity index (χ0n) is 13.5. The lowest BCUT2D eigenvalue weighted by molar-refractivity contribution is 0.336. The largest absolute Gasteiger partial charge is 0.372 e. The van der Waals surface area contributed by atoms with E-state index >= 15 is 0 Å². The lowest BCUT2D eigenvalue weighted by Gasteiger charge is -2.35. The average molecular weight is 274 g/mol. The molecule has 1 saturated carbocycles. The van der Waals surface area contributed by atoms with E-state index in [4.69, 9.17) is 0 Å². The highest BCUT2D eigenvalue weighted by Gasteiger charge is 2.22. The second kappa shape index (κ2) is 7.12. The number of rotatable bonds is 5. The molecule has 0 aliphatic heterocycles. The lowest BCUT2D eigenvalue weighted by atomic mass is 9.86. The van der Waals surface area contributed by atoms with Crippen molar-refractivity contribution in [2.24, 2.45) is 5.92 Å². The molecule has 1 aromatic rings. The van der Waals surface area contributed by atoms with Crippen LogP contribution in [0.4, 0.5) is 5.69 Å². The highest BCUT2D eigenvalue weighted by molar-refractivity contribution is 5.48. The minimum Gasteiger partial charge on any atom is -0.372 e. The molecule has 0 bridgehead atoms. The van der Waals surface area contributed by atoms with Crippen LogP contribution >= 0.6 is 0 Å². The predicted molar refractivity (Wildman–Crippen MR) is 88.4 cm³/mol. The van der Waals surface area contributed by atoms with Gasteiger partial charge in [0.25, 0.3) is 0 Å². The van der Waals surface area contributed by atoms with E-state index in [1.54, 1.807) is 0 Å². The Labute approximate surface area is 124 Å². The maximum absolute atomic E-state index is 3.37. The summed E-state index contributed by atoms with van der Waals surface area (Å²) in [5.74, 6) is 0.879. The van der Waals surface area contributed by atoms with Crippen LogP contribution in [-0.4, -0.2) is 20.1 Å². The zero-order valence-corrected chi connectivity index (χ0v) is 13.5.